The molecule has 0 spiro atoms. The molecule has 0 radical (unpaired) electrons. The number of hydrogen-bond donors (Lipinski definition) is 1. The first-order chi connectivity index (χ1) is 11.7. The van der Waals surface area contributed by atoms with Gasteiger partial charge in [0.25, 0.3) is 0 Å². The van der Waals surface area contributed by atoms with E-state index in [4.69, 9.17) is 4.74 Å². The number of hydrogen-bond acceptors (Lipinski definition) is 4. The summed E-state index contributed by atoms with van der Waals surface area (Å²) in [5.41, 5.74) is -1.15. The number of fused-ring (bicyclic) bond motifs is 1. The van der Waals surface area contributed by atoms with Crippen molar-refractivity contribution in [3.05, 3.63) is 0 Å². The van der Waals surface area contributed by atoms with E-state index in [9.17, 15) is 14.7 Å². The topological polar surface area (TPSA) is 70.1 Å². The van der Waals surface area contributed by atoms with Crippen LogP contribution in [0.3, 0.4) is 0 Å². The van der Waals surface area contributed by atoms with Crippen molar-refractivity contribution in [2.45, 2.75) is 83.0 Å². The van der Waals surface area contributed by atoms with E-state index in [1.165, 1.54) is 0 Å². The van der Waals surface area contributed by atoms with Crippen LogP contribution in [0.2, 0.25) is 0 Å². The van der Waals surface area contributed by atoms with Crippen molar-refractivity contribution in [1.82, 2.24) is 9.80 Å². The lowest BCUT2D eigenvalue weighted by molar-refractivity contribution is -0.147. The summed E-state index contributed by atoms with van der Waals surface area (Å²) in [5, 5.41) is 10.8. The highest BCUT2D eigenvalue weighted by molar-refractivity contribution is 5.86. The lowest BCUT2D eigenvalue weighted by Crippen LogP contribution is -2.58. The van der Waals surface area contributed by atoms with Gasteiger partial charge in [-0.25, -0.2) is 4.79 Å². The van der Waals surface area contributed by atoms with Gasteiger partial charge in [0.05, 0.1) is 5.60 Å². The molecule has 1 N–H and O–H groups in total. The number of carbonyl (C=O) groups excluding carboxylic acids is 2. The molecule has 2 saturated heterocycles. The zero-order valence-corrected chi connectivity index (χ0v) is 15.8. The van der Waals surface area contributed by atoms with Gasteiger partial charge in [0.2, 0.25) is 5.91 Å². The Morgan fingerprint density at radius 3 is 2.56 bits per heavy atom. The van der Waals surface area contributed by atoms with Crippen LogP contribution in [0.15, 0.2) is 0 Å². The molecule has 25 heavy (non-hydrogen) atoms. The van der Waals surface area contributed by atoms with E-state index >= 15 is 0 Å². The number of nitrogens with zero attached hydrogens (tertiary/aromatic N) is 2. The molecule has 6 nitrogen and oxygen atoms in total. The Bertz CT molecular complexity index is 530. The van der Waals surface area contributed by atoms with Crippen molar-refractivity contribution in [1.29, 1.82) is 0 Å². The Kier molecular flexibility index (Phi) is 5.02. The average molecular weight is 352 g/mol. The Labute approximate surface area is 150 Å². The molecule has 3 fully saturated rings. The Hall–Kier alpha value is -1.30. The summed E-state index contributed by atoms with van der Waals surface area (Å²) in [6.07, 6.45) is 5.84. The van der Waals surface area contributed by atoms with Crippen LogP contribution < -0.4 is 0 Å². The van der Waals surface area contributed by atoms with Crippen molar-refractivity contribution in [2.75, 3.05) is 19.6 Å². The van der Waals surface area contributed by atoms with Gasteiger partial charge >= 0.3 is 6.09 Å². The van der Waals surface area contributed by atoms with E-state index in [-0.39, 0.29) is 11.8 Å². The van der Waals surface area contributed by atoms with Gasteiger partial charge in [-0.15, -0.1) is 0 Å². The number of amides is 2. The molecule has 2 heterocycles. The summed E-state index contributed by atoms with van der Waals surface area (Å²) in [4.78, 5) is 29.0. The fourth-order valence-corrected chi connectivity index (χ4v) is 4.54. The number of carbonyl (C=O) groups is 2. The SMILES string of the molecule is CC(C)(C)OC(=O)N1CCC[C@@H]1C(=O)N1CC[C@@]2(O)CCCC[C@H]2C1. The number of likely N-dealkylation sites (tertiary alicyclic amines) is 2. The van der Waals surface area contributed by atoms with E-state index < -0.39 is 23.3 Å². The van der Waals surface area contributed by atoms with Crippen LogP contribution in [0.25, 0.3) is 0 Å². The summed E-state index contributed by atoms with van der Waals surface area (Å²) in [7, 11) is 0. The predicted molar refractivity (Wildman–Crippen MR) is 94.1 cm³/mol. The van der Waals surface area contributed by atoms with Crippen LogP contribution in [0.5, 0.6) is 0 Å². The Morgan fingerprint density at radius 2 is 1.84 bits per heavy atom. The van der Waals surface area contributed by atoms with Crippen molar-refractivity contribution in [3.63, 3.8) is 0 Å². The highest BCUT2D eigenvalue weighted by atomic mass is 16.6. The van der Waals surface area contributed by atoms with Crippen LogP contribution in [0, 0.1) is 5.92 Å². The van der Waals surface area contributed by atoms with Crippen LogP contribution in [-0.4, -0.2) is 63.8 Å². The molecule has 0 unspecified atom stereocenters. The summed E-state index contributed by atoms with van der Waals surface area (Å²) in [6.45, 7) is 7.30. The molecule has 2 aliphatic heterocycles. The molecular formula is C19H32N2O4. The zero-order valence-electron chi connectivity index (χ0n) is 15.8. The summed E-state index contributed by atoms with van der Waals surface area (Å²) in [6, 6.07) is -0.412. The summed E-state index contributed by atoms with van der Waals surface area (Å²) < 4.78 is 5.47. The highest BCUT2D eigenvalue weighted by Crippen LogP contribution is 2.40. The van der Waals surface area contributed by atoms with Gasteiger partial charge in [0.1, 0.15) is 11.6 Å². The molecule has 0 bridgehead atoms. The Morgan fingerprint density at radius 1 is 1.08 bits per heavy atom. The van der Waals surface area contributed by atoms with Gasteiger partial charge in [-0.3, -0.25) is 9.69 Å². The van der Waals surface area contributed by atoms with Gasteiger partial charge in [-0.2, -0.15) is 0 Å². The first kappa shape index (κ1) is 18.5. The number of ether oxygens (including phenoxy) is 1. The van der Waals surface area contributed by atoms with Gasteiger partial charge in [-0.1, -0.05) is 12.8 Å². The molecule has 3 aliphatic rings. The maximum Gasteiger partial charge on any atom is 0.410 e. The number of rotatable bonds is 1. The van der Waals surface area contributed by atoms with E-state index in [0.717, 1.165) is 32.1 Å². The predicted octanol–water partition coefficient (Wildman–Crippen LogP) is 2.54. The minimum atomic E-state index is -0.588. The number of aliphatic hydroxyl groups is 1. The first-order valence-corrected chi connectivity index (χ1v) is 9.70. The molecule has 3 rings (SSSR count). The second-order valence-electron chi connectivity index (χ2n) is 8.91. The smallest absolute Gasteiger partial charge is 0.410 e. The van der Waals surface area contributed by atoms with Gasteiger partial charge in [-0.05, 0) is 52.9 Å². The highest BCUT2D eigenvalue weighted by Gasteiger charge is 2.46. The quantitative estimate of drug-likeness (QED) is 0.787. The third-order valence-electron chi connectivity index (χ3n) is 5.91. The summed E-state index contributed by atoms with van der Waals surface area (Å²) >= 11 is 0. The summed E-state index contributed by atoms with van der Waals surface area (Å²) in [5.74, 6) is 0.200. The van der Waals surface area contributed by atoms with Crippen molar-refractivity contribution in [2.24, 2.45) is 5.92 Å². The van der Waals surface area contributed by atoms with Gasteiger partial charge in [0, 0.05) is 25.6 Å². The lowest BCUT2D eigenvalue weighted by Gasteiger charge is -2.48. The molecule has 0 aromatic carbocycles. The fraction of sp³-hybridized carbons (Fsp3) is 0.895. The fourth-order valence-electron chi connectivity index (χ4n) is 4.54. The largest absolute Gasteiger partial charge is 0.444 e. The normalized spacial score (nSPS) is 33.1. The molecule has 1 saturated carbocycles. The standard InChI is InChI=1S/C19H32N2O4/c1-18(2,3)25-17(23)21-11-6-8-15(21)16(22)20-12-10-19(24)9-5-4-7-14(19)13-20/h14-15,24H,4-13H2,1-3H3/t14-,15+,19-/m0/s1. The van der Waals surface area contributed by atoms with E-state index in [0.29, 0.717) is 32.5 Å². The minimum Gasteiger partial charge on any atom is -0.444 e. The second-order valence-corrected chi connectivity index (χ2v) is 8.91. The number of piperidine rings is 1. The maximum absolute atomic E-state index is 13.1. The third-order valence-corrected chi connectivity index (χ3v) is 5.91. The van der Waals surface area contributed by atoms with Crippen LogP contribution >= 0.6 is 0 Å². The van der Waals surface area contributed by atoms with Crippen LogP contribution in [0.1, 0.15) is 65.7 Å². The monoisotopic (exact) mass is 352 g/mol. The van der Waals surface area contributed by atoms with Crippen LogP contribution in [-0.2, 0) is 9.53 Å². The van der Waals surface area contributed by atoms with Crippen molar-refractivity contribution < 1.29 is 19.4 Å². The maximum atomic E-state index is 13.1. The molecule has 1 aliphatic carbocycles. The molecular weight excluding hydrogens is 320 g/mol. The van der Waals surface area contributed by atoms with Crippen LogP contribution in [0.4, 0.5) is 4.79 Å². The molecule has 2 amide bonds. The van der Waals surface area contributed by atoms with Crippen molar-refractivity contribution in [3.8, 4) is 0 Å². The van der Waals surface area contributed by atoms with E-state index in [1.54, 1.807) is 4.90 Å². The third kappa shape index (κ3) is 3.94. The second kappa shape index (κ2) is 6.78. The molecule has 0 aromatic heterocycles. The first-order valence-electron chi connectivity index (χ1n) is 9.70. The van der Waals surface area contributed by atoms with Crippen molar-refractivity contribution >= 4 is 12.0 Å². The molecule has 0 aromatic rings. The lowest BCUT2D eigenvalue weighted by atomic mass is 9.71. The van der Waals surface area contributed by atoms with E-state index in [2.05, 4.69) is 0 Å². The van der Waals surface area contributed by atoms with Gasteiger partial charge < -0.3 is 14.7 Å². The van der Waals surface area contributed by atoms with E-state index in [1.807, 2.05) is 25.7 Å². The molecule has 142 valence electrons. The Balaban J connectivity index is 1.65. The average Bonchev–Trinajstić information content (AvgIpc) is 3.01. The molecule has 3 atom stereocenters. The van der Waals surface area contributed by atoms with Gasteiger partial charge in [0.15, 0.2) is 0 Å². The minimum absolute atomic E-state index is 0.0241. The zero-order chi connectivity index (χ0) is 18.2. The molecule has 6 heteroatoms.